The first-order valence-electron chi connectivity index (χ1n) is 8.05. The van der Waals surface area contributed by atoms with Gasteiger partial charge in [-0.3, -0.25) is 14.9 Å². The van der Waals surface area contributed by atoms with Gasteiger partial charge in [0.25, 0.3) is 0 Å². The van der Waals surface area contributed by atoms with Crippen molar-refractivity contribution in [3.63, 3.8) is 0 Å². The molecule has 1 aliphatic rings. The van der Waals surface area contributed by atoms with Gasteiger partial charge in [0.05, 0.1) is 17.4 Å². The second kappa shape index (κ2) is 6.01. The van der Waals surface area contributed by atoms with E-state index in [1.807, 2.05) is 47.0 Å². The molecule has 0 spiro atoms. The molecule has 4 rings (SSSR count). The van der Waals surface area contributed by atoms with E-state index in [2.05, 4.69) is 10.3 Å². The Hall–Kier alpha value is -3.22. The van der Waals surface area contributed by atoms with Crippen LogP contribution >= 0.6 is 0 Å². The Morgan fingerprint density at radius 3 is 2.92 bits per heavy atom. The van der Waals surface area contributed by atoms with Crippen LogP contribution in [0.4, 0.5) is 5.69 Å². The number of nitro groups is 1. The number of carbonyl (C=O) groups excluding carboxylic acids is 1. The number of hydrogen-bond donors (Lipinski definition) is 1. The molecular formula is C18H16N4O3. The van der Waals surface area contributed by atoms with Gasteiger partial charge in [0.15, 0.2) is 0 Å². The van der Waals surface area contributed by atoms with Gasteiger partial charge in [-0.2, -0.15) is 0 Å². The van der Waals surface area contributed by atoms with Crippen LogP contribution in [0.5, 0.6) is 0 Å². The van der Waals surface area contributed by atoms with E-state index in [4.69, 9.17) is 0 Å². The molecule has 1 heterocycles. The second-order valence-corrected chi connectivity index (χ2v) is 6.25. The van der Waals surface area contributed by atoms with E-state index in [9.17, 15) is 14.9 Å². The van der Waals surface area contributed by atoms with Gasteiger partial charge in [-0.25, -0.2) is 4.98 Å². The Kier molecular flexibility index (Phi) is 3.68. The van der Waals surface area contributed by atoms with Crippen molar-refractivity contribution in [3.05, 3.63) is 70.5 Å². The number of imidazole rings is 1. The molecule has 3 aromatic rings. The molecule has 7 heteroatoms. The summed E-state index contributed by atoms with van der Waals surface area (Å²) in [5.74, 6) is -0.803. The average Bonchev–Trinajstić information content (AvgIpc) is 3.32. The first-order chi connectivity index (χ1) is 12.1. The molecule has 1 saturated carbocycles. The molecule has 1 amide bonds. The molecule has 1 aromatic heterocycles. The molecule has 2 aromatic carbocycles. The molecule has 7 nitrogen and oxygen atoms in total. The van der Waals surface area contributed by atoms with Gasteiger partial charge in [-0.15, -0.1) is 0 Å². The summed E-state index contributed by atoms with van der Waals surface area (Å²) in [6.45, 7) is 0.630. The molecular weight excluding hydrogens is 320 g/mol. The number of para-hydroxylation sites is 2. The quantitative estimate of drug-likeness (QED) is 0.573. The molecule has 1 aliphatic carbocycles. The number of rotatable bonds is 5. The lowest BCUT2D eigenvalue weighted by atomic mass is 10.2. The number of fused-ring (bicyclic) bond motifs is 1. The molecule has 0 saturated heterocycles. The Morgan fingerprint density at radius 2 is 2.12 bits per heavy atom. The zero-order valence-corrected chi connectivity index (χ0v) is 13.3. The highest BCUT2D eigenvalue weighted by molar-refractivity contribution is 5.94. The smallest absolute Gasteiger partial charge is 0.234 e. The molecule has 126 valence electrons. The minimum absolute atomic E-state index is 0.285. The Morgan fingerprint density at radius 1 is 1.28 bits per heavy atom. The fourth-order valence-electron chi connectivity index (χ4n) is 3.01. The van der Waals surface area contributed by atoms with Crippen molar-refractivity contribution < 1.29 is 9.72 Å². The van der Waals surface area contributed by atoms with Gasteiger partial charge >= 0.3 is 0 Å². The Balaban J connectivity index is 1.48. The van der Waals surface area contributed by atoms with E-state index in [0.717, 1.165) is 16.6 Å². The number of nitrogens with zero attached hydrogens (tertiary/aromatic N) is 3. The van der Waals surface area contributed by atoms with Crippen LogP contribution in [0, 0.1) is 16.0 Å². The third-order valence-corrected chi connectivity index (χ3v) is 4.44. The maximum Gasteiger partial charge on any atom is 0.234 e. The van der Waals surface area contributed by atoms with Gasteiger partial charge < -0.3 is 9.88 Å². The number of nitrogens with one attached hydrogen (secondary N) is 1. The first kappa shape index (κ1) is 15.3. The zero-order chi connectivity index (χ0) is 17.4. The summed E-state index contributed by atoms with van der Waals surface area (Å²) in [7, 11) is 0. The average molecular weight is 336 g/mol. The topological polar surface area (TPSA) is 90.1 Å². The van der Waals surface area contributed by atoms with E-state index in [1.54, 1.807) is 12.4 Å². The van der Waals surface area contributed by atoms with Crippen molar-refractivity contribution in [2.24, 2.45) is 5.92 Å². The van der Waals surface area contributed by atoms with E-state index < -0.39 is 12.0 Å². The predicted molar refractivity (Wildman–Crippen MR) is 92.8 cm³/mol. The Labute approximate surface area is 143 Å². The first-order valence-corrected chi connectivity index (χ1v) is 8.05. The summed E-state index contributed by atoms with van der Waals surface area (Å²) in [5.41, 5.74) is 3.65. The largest absolute Gasteiger partial charge is 0.326 e. The van der Waals surface area contributed by atoms with Gasteiger partial charge in [-0.05, 0) is 29.8 Å². The Bertz CT molecular complexity index is 966. The predicted octanol–water partition coefficient (Wildman–Crippen LogP) is 2.69. The SMILES string of the molecule is O=C(Nc1cccc(Cn2cnc3ccccc32)c1)C1CC1[N+](=O)[O-]. The van der Waals surface area contributed by atoms with Crippen molar-refractivity contribution in [3.8, 4) is 0 Å². The maximum atomic E-state index is 12.1. The molecule has 0 radical (unpaired) electrons. The summed E-state index contributed by atoms with van der Waals surface area (Å²) < 4.78 is 2.04. The van der Waals surface area contributed by atoms with Crippen LogP contribution in [0.15, 0.2) is 54.9 Å². The number of benzene rings is 2. The van der Waals surface area contributed by atoms with Crippen molar-refractivity contribution in [1.82, 2.24) is 9.55 Å². The van der Waals surface area contributed by atoms with Crippen LogP contribution in [0.3, 0.4) is 0 Å². The lowest BCUT2D eigenvalue weighted by molar-refractivity contribution is -0.497. The van der Waals surface area contributed by atoms with Crippen molar-refractivity contribution in [2.45, 2.75) is 19.0 Å². The van der Waals surface area contributed by atoms with Crippen LogP contribution in [0.2, 0.25) is 0 Å². The van der Waals surface area contributed by atoms with Gasteiger partial charge in [0.2, 0.25) is 11.9 Å². The summed E-state index contributed by atoms with van der Waals surface area (Å²) in [4.78, 5) is 26.7. The van der Waals surface area contributed by atoms with Crippen LogP contribution in [-0.2, 0) is 11.3 Å². The fourth-order valence-corrected chi connectivity index (χ4v) is 3.01. The van der Waals surface area contributed by atoms with Gasteiger partial charge in [-0.1, -0.05) is 24.3 Å². The minimum atomic E-state index is -0.736. The van der Waals surface area contributed by atoms with E-state index >= 15 is 0 Å². The monoisotopic (exact) mass is 336 g/mol. The standard InChI is InChI=1S/C18H16N4O3/c23-18(14-9-17(14)22(24)25)20-13-5-3-4-12(8-13)10-21-11-19-15-6-1-2-7-16(15)21/h1-8,11,14,17H,9-10H2,(H,20,23). The summed E-state index contributed by atoms with van der Waals surface area (Å²) in [5, 5.41) is 13.5. The lowest BCUT2D eigenvalue weighted by Crippen LogP contribution is -2.18. The molecule has 2 unspecified atom stereocenters. The van der Waals surface area contributed by atoms with Crippen molar-refractivity contribution >= 4 is 22.6 Å². The third kappa shape index (κ3) is 3.08. The van der Waals surface area contributed by atoms with E-state index in [1.165, 1.54) is 0 Å². The molecule has 1 N–H and O–H groups in total. The van der Waals surface area contributed by atoms with Crippen LogP contribution < -0.4 is 5.32 Å². The number of amides is 1. The van der Waals surface area contributed by atoms with E-state index in [-0.39, 0.29) is 10.8 Å². The number of aromatic nitrogens is 2. The normalized spacial score (nSPS) is 18.9. The molecule has 0 aliphatic heterocycles. The third-order valence-electron chi connectivity index (χ3n) is 4.44. The second-order valence-electron chi connectivity index (χ2n) is 6.25. The van der Waals surface area contributed by atoms with E-state index in [0.29, 0.717) is 18.7 Å². The highest BCUT2D eigenvalue weighted by Gasteiger charge is 2.53. The lowest BCUT2D eigenvalue weighted by Gasteiger charge is -2.08. The summed E-state index contributed by atoms with van der Waals surface area (Å²) in [6.07, 6.45) is 2.11. The molecule has 0 bridgehead atoms. The van der Waals surface area contributed by atoms with Crippen LogP contribution in [0.1, 0.15) is 12.0 Å². The summed E-state index contributed by atoms with van der Waals surface area (Å²) >= 11 is 0. The molecule has 2 atom stereocenters. The zero-order valence-electron chi connectivity index (χ0n) is 13.3. The number of anilines is 1. The fraction of sp³-hybridized carbons (Fsp3) is 0.222. The summed E-state index contributed by atoms with van der Waals surface area (Å²) in [6, 6.07) is 14.7. The number of carbonyl (C=O) groups is 1. The number of hydrogen-bond acceptors (Lipinski definition) is 4. The maximum absolute atomic E-state index is 12.1. The van der Waals surface area contributed by atoms with Crippen LogP contribution in [-0.4, -0.2) is 26.4 Å². The highest BCUT2D eigenvalue weighted by atomic mass is 16.6. The highest BCUT2D eigenvalue weighted by Crippen LogP contribution is 2.34. The van der Waals surface area contributed by atoms with Gasteiger partial charge in [0, 0.05) is 23.6 Å². The minimum Gasteiger partial charge on any atom is -0.326 e. The van der Waals surface area contributed by atoms with Crippen LogP contribution in [0.25, 0.3) is 11.0 Å². The van der Waals surface area contributed by atoms with Crippen molar-refractivity contribution in [1.29, 1.82) is 0 Å². The van der Waals surface area contributed by atoms with Gasteiger partial charge in [0.1, 0.15) is 5.92 Å². The molecule has 25 heavy (non-hydrogen) atoms. The molecule has 1 fully saturated rings. The van der Waals surface area contributed by atoms with Crippen molar-refractivity contribution in [2.75, 3.05) is 5.32 Å².